The molecule has 1 unspecified atom stereocenters. The van der Waals surface area contributed by atoms with Gasteiger partial charge in [0.1, 0.15) is 0 Å². The van der Waals surface area contributed by atoms with Crippen molar-refractivity contribution in [2.24, 2.45) is 0 Å². The van der Waals surface area contributed by atoms with Crippen LogP contribution in [0.2, 0.25) is 0 Å². The van der Waals surface area contributed by atoms with Crippen molar-refractivity contribution in [2.45, 2.75) is 11.0 Å². The lowest BCUT2D eigenvalue weighted by Crippen LogP contribution is -2.43. The van der Waals surface area contributed by atoms with E-state index in [1.165, 1.54) is 6.07 Å². The van der Waals surface area contributed by atoms with E-state index in [4.69, 9.17) is 10.5 Å². The van der Waals surface area contributed by atoms with Crippen molar-refractivity contribution >= 4 is 31.5 Å². The van der Waals surface area contributed by atoms with Crippen molar-refractivity contribution < 1.29 is 13.2 Å². The average molecular weight is 349 g/mol. The molecule has 0 aliphatic carbocycles. The monoisotopic (exact) mass is 348 g/mol. The van der Waals surface area contributed by atoms with Crippen LogP contribution in [0.15, 0.2) is 27.6 Å². The molecule has 1 saturated heterocycles. The number of likely N-dealkylation sites (N-methyl/N-ethyl adjacent to an activating group) is 1. The summed E-state index contributed by atoms with van der Waals surface area (Å²) in [6.45, 7) is 2.01. The number of rotatable bonds is 3. The van der Waals surface area contributed by atoms with Crippen LogP contribution in [0.4, 0.5) is 5.69 Å². The molecule has 0 saturated carbocycles. The molecular weight excluding hydrogens is 332 g/mol. The van der Waals surface area contributed by atoms with E-state index >= 15 is 0 Å². The highest BCUT2D eigenvalue weighted by Crippen LogP contribution is 2.24. The van der Waals surface area contributed by atoms with E-state index in [1.807, 2.05) is 7.05 Å². The standard InChI is InChI=1S/C12H17BrN2O3S/c1-15-4-5-18-10(7-15)8-19(16,17)12-3-2-9(13)6-11(12)14/h2-3,6,10H,4-5,7-8,14H2,1H3. The highest BCUT2D eigenvalue weighted by atomic mass is 79.9. The van der Waals surface area contributed by atoms with E-state index < -0.39 is 9.84 Å². The summed E-state index contributed by atoms with van der Waals surface area (Å²) in [6.07, 6.45) is -0.299. The van der Waals surface area contributed by atoms with Crippen molar-refractivity contribution in [1.29, 1.82) is 0 Å². The van der Waals surface area contributed by atoms with Gasteiger partial charge in [0, 0.05) is 17.6 Å². The van der Waals surface area contributed by atoms with Gasteiger partial charge in [0.05, 0.1) is 29.0 Å². The minimum absolute atomic E-state index is 0.0385. The van der Waals surface area contributed by atoms with E-state index in [1.54, 1.807) is 12.1 Å². The molecule has 2 rings (SSSR count). The molecule has 0 radical (unpaired) electrons. The molecule has 1 atom stereocenters. The van der Waals surface area contributed by atoms with E-state index in [9.17, 15) is 8.42 Å². The Morgan fingerprint density at radius 2 is 2.26 bits per heavy atom. The van der Waals surface area contributed by atoms with Gasteiger partial charge < -0.3 is 15.4 Å². The molecule has 0 bridgehead atoms. The average Bonchev–Trinajstić information content (AvgIpc) is 2.27. The van der Waals surface area contributed by atoms with Crippen LogP contribution in [0.1, 0.15) is 0 Å². The highest BCUT2D eigenvalue weighted by Gasteiger charge is 2.26. The van der Waals surface area contributed by atoms with Gasteiger partial charge >= 0.3 is 0 Å². The van der Waals surface area contributed by atoms with Crippen molar-refractivity contribution in [3.8, 4) is 0 Å². The molecule has 19 heavy (non-hydrogen) atoms. The van der Waals surface area contributed by atoms with Gasteiger partial charge in [-0.1, -0.05) is 15.9 Å². The van der Waals surface area contributed by atoms with E-state index in [0.717, 1.165) is 11.0 Å². The Hall–Kier alpha value is -0.630. The third-order valence-corrected chi connectivity index (χ3v) is 5.40. The van der Waals surface area contributed by atoms with Gasteiger partial charge in [-0.25, -0.2) is 8.42 Å². The molecule has 7 heteroatoms. The van der Waals surface area contributed by atoms with Crippen molar-refractivity contribution in [1.82, 2.24) is 4.90 Å². The molecule has 1 aliphatic heterocycles. The summed E-state index contributed by atoms with van der Waals surface area (Å²) in [5, 5.41) is 0. The third-order valence-electron chi connectivity index (χ3n) is 3.05. The Labute approximate surface area is 121 Å². The van der Waals surface area contributed by atoms with Crippen molar-refractivity contribution in [3.63, 3.8) is 0 Å². The normalized spacial score (nSPS) is 21.5. The maximum atomic E-state index is 12.3. The summed E-state index contributed by atoms with van der Waals surface area (Å²) in [4.78, 5) is 2.24. The van der Waals surface area contributed by atoms with Crippen LogP contribution in [0.3, 0.4) is 0 Å². The summed E-state index contributed by atoms with van der Waals surface area (Å²) < 4.78 is 31.0. The van der Waals surface area contributed by atoms with Crippen LogP contribution in [0.25, 0.3) is 0 Å². The minimum Gasteiger partial charge on any atom is -0.398 e. The Balaban J connectivity index is 2.18. The first-order valence-corrected chi connectivity index (χ1v) is 8.41. The number of nitrogens with two attached hydrogens (primary N) is 1. The lowest BCUT2D eigenvalue weighted by atomic mass is 10.3. The second kappa shape index (κ2) is 5.78. The summed E-state index contributed by atoms with van der Waals surface area (Å²) >= 11 is 3.26. The lowest BCUT2D eigenvalue weighted by molar-refractivity contribution is -0.00680. The maximum absolute atomic E-state index is 12.3. The second-order valence-corrected chi connectivity index (χ2v) is 7.64. The molecule has 1 fully saturated rings. The van der Waals surface area contributed by atoms with Crippen LogP contribution in [-0.4, -0.2) is 51.9 Å². The summed E-state index contributed by atoms with van der Waals surface area (Å²) in [5.41, 5.74) is 6.04. The summed E-state index contributed by atoms with van der Waals surface area (Å²) in [5.74, 6) is -0.0385. The molecule has 0 spiro atoms. The smallest absolute Gasteiger partial charge is 0.183 e. The zero-order valence-electron chi connectivity index (χ0n) is 10.7. The Morgan fingerprint density at radius 3 is 2.89 bits per heavy atom. The molecule has 1 aromatic rings. The maximum Gasteiger partial charge on any atom is 0.183 e. The summed E-state index contributed by atoms with van der Waals surface area (Å²) in [7, 11) is -1.47. The number of anilines is 1. The number of ether oxygens (including phenoxy) is 1. The van der Waals surface area contributed by atoms with E-state index in [2.05, 4.69) is 20.8 Å². The van der Waals surface area contributed by atoms with Gasteiger partial charge in [-0.3, -0.25) is 0 Å². The summed E-state index contributed by atoms with van der Waals surface area (Å²) in [6, 6.07) is 4.80. The molecule has 2 N–H and O–H groups in total. The number of benzene rings is 1. The molecule has 1 aliphatic rings. The number of sulfone groups is 1. The topological polar surface area (TPSA) is 72.6 Å². The fraction of sp³-hybridized carbons (Fsp3) is 0.500. The zero-order chi connectivity index (χ0) is 14.0. The first kappa shape index (κ1) is 14.8. The van der Waals surface area contributed by atoms with E-state index in [0.29, 0.717) is 13.2 Å². The third kappa shape index (κ3) is 3.68. The predicted octanol–water partition coefficient (Wildman–Crippen LogP) is 1.14. The van der Waals surface area contributed by atoms with Gasteiger partial charge in [-0.2, -0.15) is 0 Å². The SMILES string of the molecule is CN1CCOC(CS(=O)(=O)c2ccc(Br)cc2N)C1. The number of nitrogen functional groups attached to an aromatic ring is 1. The minimum atomic E-state index is -3.43. The molecule has 1 aromatic carbocycles. The molecule has 5 nitrogen and oxygen atoms in total. The Morgan fingerprint density at radius 1 is 1.53 bits per heavy atom. The molecular formula is C12H17BrN2O3S. The van der Waals surface area contributed by atoms with Crippen molar-refractivity contribution in [2.75, 3.05) is 38.2 Å². The zero-order valence-corrected chi connectivity index (χ0v) is 13.1. The van der Waals surface area contributed by atoms with Gasteiger partial charge in [-0.05, 0) is 25.2 Å². The fourth-order valence-corrected chi connectivity index (χ4v) is 4.05. The number of hydrogen-bond acceptors (Lipinski definition) is 5. The van der Waals surface area contributed by atoms with Crippen LogP contribution in [0.5, 0.6) is 0 Å². The van der Waals surface area contributed by atoms with Gasteiger partial charge in [0.25, 0.3) is 0 Å². The number of nitrogens with zero attached hydrogens (tertiary/aromatic N) is 1. The van der Waals surface area contributed by atoms with Gasteiger partial charge in [-0.15, -0.1) is 0 Å². The molecule has 106 valence electrons. The van der Waals surface area contributed by atoms with E-state index in [-0.39, 0.29) is 22.4 Å². The molecule has 0 amide bonds. The first-order valence-electron chi connectivity index (χ1n) is 5.96. The van der Waals surface area contributed by atoms with Crippen LogP contribution in [-0.2, 0) is 14.6 Å². The van der Waals surface area contributed by atoms with Crippen LogP contribution in [0, 0.1) is 0 Å². The van der Waals surface area contributed by atoms with Gasteiger partial charge in [0.2, 0.25) is 0 Å². The molecule has 1 heterocycles. The quantitative estimate of drug-likeness (QED) is 0.829. The largest absolute Gasteiger partial charge is 0.398 e. The second-order valence-electron chi connectivity index (χ2n) is 4.72. The fourth-order valence-electron chi connectivity index (χ4n) is 2.10. The lowest BCUT2D eigenvalue weighted by Gasteiger charge is -2.29. The highest BCUT2D eigenvalue weighted by molar-refractivity contribution is 9.10. The Kier molecular flexibility index (Phi) is 4.50. The number of morpholine rings is 1. The Bertz CT molecular complexity index is 562. The first-order chi connectivity index (χ1) is 8.88. The number of halogens is 1. The van der Waals surface area contributed by atoms with Crippen molar-refractivity contribution in [3.05, 3.63) is 22.7 Å². The molecule has 0 aromatic heterocycles. The predicted molar refractivity (Wildman–Crippen MR) is 77.8 cm³/mol. The van der Waals surface area contributed by atoms with Crippen LogP contribution >= 0.6 is 15.9 Å². The van der Waals surface area contributed by atoms with Crippen LogP contribution < -0.4 is 5.73 Å². The number of hydrogen-bond donors (Lipinski definition) is 1. The van der Waals surface area contributed by atoms with Gasteiger partial charge in [0.15, 0.2) is 9.84 Å².